The van der Waals surface area contributed by atoms with Gasteiger partial charge in [0, 0.05) is 12.0 Å². The Kier molecular flexibility index (Phi) is 3.80. The van der Waals surface area contributed by atoms with Crippen molar-refractivity contribution in [3.63, 3.8) is 0 Å². The van der Waals surface area contributed by atoms with E-state index in [1.165, 1.54) is 0 Å². The van der Waals surface area contributed by atoms with Crippen molar-refractivity contribution in [1.29, 1.82) is 0 Å². The molecule has 1 rings (SSSR count). The molecule has 0 unspecified atom stereocenters. The maximum atomic E-state index is 11.6. The third kappa shape index (κ3) is 3.97. The van der Waals surface area contributed by atoms with E-state index in [0.717, 1.165) is 12.8 Å². The van der Waals surface area contributed by atoms with Gasteiger partial charge in [-0.3, -0.25) is 0 Å². The highest BCUT2D eigenvalue weighted by molar-refractivity contribution is 7.89. The molecule has 0 aliphatic heterocycles. The van der Waals surface area contributed by atoms with Gasteiger partial charge in [0.1, 0.15) is 5.84 Å². The minimum Gasteiger partial charge on any atom is -0.409 e. The van der Waals surface area contributed by atoms with Crippen LogP contribution in [0.25, 0.3) is 0 Å². The first-order valence-electron chi connectivity index (χ1n) is 5.22. The van der Waals surface area contributed by atoms with Crippen LogP contribution in [0.5, 0.6) is 0 Å². The van der Waals surface area contributed by atoms with Gasteiger partial charge in [-0.25, -0.2) is 13.1 Å². The van der Waals surface area contributed by atoms with E-state index in [1.807, 2.05) is 0 Å². The van der Waals surface area contributed by atoms with Gasteiger partial charge < -0.3 is 10.9 Å². The Bertz CT molecular complexity index is 371. The van der Waals surface area contributed by atoms with Crippen LogP contribution in [0.1, 0.15) is 26.7 Å². The van der Waals surface area contributed by atoms with E-state index in [2.05, 4.69) is 9.88 Å². The molecule has 1 aliphatic carbocycles. The molecule has 0 atom stereocenters. The molecule has 7 heteroatoms. The molecule has 0 aromatic heterocycles. The zero-order valence-electron chi connectivity index (χ0n) is 9.60. The average Bonchev–Trinajstić information content (AvgIpc) is 2.97. The predicted octanol–water partition coefficient (Wildman–Crippen LogP) is 0.0884. The van der Waals surface area contributed by atoms with Gasteiger partial charge in [0.25, 0.3) is 0 Å². The lowest BCUT2D eigenvalue weighted by molar-refractivity contribution is 0.307. The van der Waals surface area contributed by atoms with Gasteiger partial charge in [0.15, 0.2) is 0 Å². The summed E-state index contributed by atoms with van der Waals surface area (Å²) in [6, 6.07) is 0. The van der Waals surface area contributed by atoms with E-state index in [9.17, 15) is 8.42 Å². The third-order valence-corrected chi connectivity index (χ3v) is 4.18. The van der Waals surface area contributed by atoms with Crippen LogP contribution in [0.4, 0.5) is 0 Å². The topological polar surface area (TPSA) is 105 Å². The highest BCUT2D eigenvalue weighted by Gasteiger charge is 2.30. The van der Waals surface area contributed by atoms with Crippen LogP contribution in [0.15, 0.2) is 5.16 Å². The molecule has 0 amide bonds. The molecule has 0 aromatic carbocycles. The Morgan fingerprint density at radius 3 is 2.56 bits per heavy atom. The smallest absolute Gasteiger partial charge is 0.211 e. The van der Waals surface area contributed by atoms with Crippen molar-refractivity contribution in [1.82, 2.24) is 4.72 Å². The van der Waals surface area contributed by atoms with E-state index < -0.39 is 15.4 Å². The Labute approximate surface area is 95.9 Å². The number of amidine groups is 1. The molecule has 0 saturated heterocycles. The summed E-state index contributed by atoms with van der Waals surface area (Å²) in [5.41, 5.74) is 4.77. The number of oxime groups is 1. The summed E-state index contributed by atoms with van der Waals surface area (Å²) in [4.78, 5) is 0. The van der Waals surface area contributed by atoms with E-state index in [0.29, 0.717) is 5.92 Å². The Hall–Kier alpha value is -0.820. The van der Waals surface area contributed by atoms with Crippen molar-refractivity contribution in [2.45, 2.75) is 26.7 Å². The molecule has 1 saturated carbocycles. The number of nitrogens with zero attached hydrogens (tertiary/aromatic N) is 1. The second-order valence-corrected chi connectivity index (χ2v) is 6.77. The molecule has 0 radical (unpaired) electrons. The maximum Gasteiger partial charge on any atom is 0.211 e. The molecule has 6 nitrogen and oxygen atoms in total. The van der Waals surface area contributed by atoms with Crippen molar-refractivity contribution in [2.75, 3.05) is 12.3 Å². The molecule has 0 bridgehead atoms. The van der Waals surface area contributed by atoms with Crippen LogP contribution in [0, 0.1) is 11.3 Å². The molecule has 1 fully saturated rings. The number of sulfonamides is 1. The predicted molar refractivity (Wildman–Crippen MR) is 61.7 cm³/mol. The first-order chi connectivity index (χ1) is 7.27. The number of hydrogen-bond acceptors (Lipinski definition) is 4. The maximum absolute atomic E-state index is 11.6. The molecule has 94 valence electrons. The molecule has 0 aromatic rings. The highest BCUT2D eigenvalue weighted by atomic mass is 32.2. The Morgan fingerprint density at radius 2 is 2.12 bits per heavy atom. The zero-order valence-corrected chi connectivity index (χ0v) is 10.4. The van der Waals surface area contributed by atoms with Crippen molar-refractivity contribution >= 4 is 15.9 Å². The van der Waals surface area contributed by atoms with Gasteiger partial charge in [-0.2, -0.15) is 0 Å². The summed E-state index contributed by atoms with van der Waals surface area (Å²) in [6.45, 7) is 3.56. The summed E-state index contributed by atoms with van der Waals surface area (Å²) in [6.07, 6.45) is 1.98. The fraction of sp³-hybridized carbons (Fsp3) is 0.889. The summed E-state index contributed by atoms with van der Waals surface area (Å²) < 4.78 is 25.7. The lowest BCUT2D eigenvalue weighted by atomic mass is 9.93. The molecule has 0 spiro atoms. The molecular weight excluding hydrogens is 230 g/mol. The van der Waals surface area contributed by atoms with Crippen LogP contribution in [-0.2, 0) is 10.0 Å². The van der Waals surface area contributed by atoms with Crippen molar-refractivity contribution in [3.05, 3.63) is 0 Å². The number of nitrogens with one attached hydrogen (secondary N) is 1. The average molecular weight is 249 g/mol. The number of hydrogen-bond donors (Lipinski definition) is 3. The van der Waals surface area contributed by atoms with Crippen molar-refractivity contribution in [3.8, 4) is 0 Å². The normalized spacial score (nSPS) is 18.8. The van der Waals surface area contributed by atoms with Crippen molar-refractivity contribution < 1.29 is 13.6 Å². The third-order valence-electron chi connectivity index (χ3n) is 2.69. The van der Waals surface area contributed by atoms with Gasteiger partial charge in [0.05, 0.1) is 5.75 Å². The fourth-order valence-corrected chi connectivity index (χ4v) is 2.82. The first kappa shape index (κ1) is 13.2. The van der Waals surface area contributed by atoms with Gasteiger partial charge in [-0.15, -0.1) is 0 Å². The highest BCUT2D eigenvalue weighted by Crippen LogP contribution is 2.30. The van der Waals surface area contributed by atoms with Crippen LogP contribution < -0.4 is 10.5 Å². The van der Waals surface area contributed by atoms with Gasteiger partial charge in [0.2, 0.25) is 10.0 Å². The second-order valence-electron chi connectivity index (χ2n) is 4.92. The monoisotopic (exact) mass is 249 g/mol. The summed E-state index contributed by atoms with van der Waals surface area (Å²) in [5.74, 6) is 0.505. The second kappa shape index (κ2) is 4.58. The molecule has 0 heterocycles. The van der Waals surface area contributed by atoms with Crippen LogP contribution in [0.3, 0.4) is 0 Å². The SMILES string of the molecule is CC(C)(CNS(=O)(=O)CC1CC1)C(N)=NO. The quantitative estimate of drug-likeness (QED) is 0.268. The van der Waals surface area contributed by atoms with Gasteiger partial charge >= 0.3 is 0 Å². The summed E-state index contributed by atoms with van der Waals surface area (Å²) in [5, 5.41) is 11.4. The molecule has 4 N–H and O–H groups in total. The van der Waals surface area contributed by atoms with E-state index >= 15 is 0 Å². The zero-order chi connectivity index (χ0) is 12.4. The molecule has 1 aliphatic rings. The van der Waals surface area contributed by atoms with Crippen LogP contribution in [0.2, 0.25) is 0 Å². The minimum absolute atomic E-state index is 0.0154. The minimum atomic E-state index is -3.24. The van der Waals surface area contributed by atoms with E-state index in [1.54, 1.807) is 13.8 Å². The van der Waals surface area contributed by atoms with Gasteiger partial charge in [-0.1, -0.05) is 19.0 Å². The number of rotatable bonds is 6. The number of nitrogens with two attached hydrogens (primary N) is 1. The fourth-order valence-electron chi connectivity index (χ4n) is 1.17. The Balaban J connectivity index is 2.49. The largest absolute Gasteiger partial charge is 0.409 e. The van der Waals surface area contributed by atoms with Gasteiger partial charge in [-0.05, 0) is 18.8 Å². The van der Waals surface area contributed by atoms with Crippen LogP contribution >= 0.6 is 0 Å². The first-order valence-corrected chi connectivity index (χ1v) is 6.87. The van der Waals surface area contributed by atoms with E-state index in [-0.39, 0.29) is 18.1 Å². The summed E-state index contributed by atoms with van der Waals surface area (Å²) >= 11 is 0. The summed E-state index contributed by atoms with van der Waals surface area (Å²) in [7, 11) is -3.24. The van der Waals surface area contributed by atoms with Crippen LogP contribution in [-0.4, -0.2) is 31.8 Å². The van der Waals surface area contributed by atoms with Crippen molar-refractivity contribution in [2.24, 2.45) is 22.2 Å². The standard InChI is InChI=1S/C9H19N3O3S/c1-9(2,8(10)12-13)6-11-16(14,15)5-7-3-4-7/h7,11,13H,3-6H2,1-2H3,(H2,10,12). The lowest BCUT2D eigenvalue weighted by Crippen LogP contribution is -2.43. The lowest BCUT2D eigenvalue weighted by Gasteiger charge is -2.22. The Morgan fingerprint density at radius 1 is 1.56 bits per heavy atom. The van der Waals surface area contributed by atoms with E-state index in [4.69, 9.17) is 10.9 Å². The molecule has 16 heavy (non-hydrogen) atoms. The molecular formula is C9H19N3O3S.